The van der Waals surface area contributed by atoms with Crippen LogP contribution < -0.4 is 5.73 Å². The highest BCUT2D eigenvalue weighted by atomic mass is 16.3. The molecule has 0 spiro atoms. The highest BCUT2D eigenvalue weighted by Gasteiger charge is 2.59. The molecule has 0 amide bonds. The molecule has 120 valence electrons. The van der Waals surface area contributed by atoms with Gasteiger partial charge in [-0.3, -0.25) is 0 Å². The minimum Gasteiger partial charge on any atom is -0.393 e. The summed E-state index contributed by atoms with van der Waals surface area (Å²) in [6.07, 6.45) is 11.5. The Morgan fingerprint density at radius 2 is 1.57 bits per heavy atom. The number of rotatable bonds is 0. The maximum Gasteiger partial charge on any atom is 0.0543 e. The van der Waals surface area contributed by atoms with E-state index in [1.165, 1.54) is 44.9 Å². The van der Waals surface area contributed by atoms with Crippen molar-refractivity contribution < 1.29 is 5.11 Å². The van der Waals surface area contributed by atoms with Crippen molar-refractivity contribution in [3.63, 3.8) is 0 Å². The van der Waals surface area contributed by atoms with Crippen molar-refractivity contribution in [2.45, 2.75) is 83.8 Å². The van der Waals surface area contributed by atoms with Crippen LogP contribution in [0.3, 0.4) is 0 Å². The molecular formula is C19H33NO. The first-order valence-corrected chi connectivity index (χ1v) is 9.39. The second-order valence-electron chi connectivity index (χ2n) is 9.31. The van der Waals surface area contributed by atoms with E-state index in [0.29, 0.717) is 16.9 Å². The van der Waals surface area contributed by atoms with Crippen LogP contribution in [0, 0.1) is 34.5 Å². The van der Waals surface area contributed by atoms with E-state index in [0.717, 1.165) is 36.5 Å². The lowest BCUT2D eigenvalue weighted by molar-refractivity contribution is -0.122. The number of hydrogen-bond donors (Lipinski definition) is 2. The molecule has 2 nitrogen and oxygen atoms in total. The van der Waals surface area contributed by atoms with E-state index in [-0.39, 0.29) is 6.10 Å². The summed E-state index contributed by atoms with van der Waals surface area (Å²) in [5.74, 6) is 3.50. The highest BCUT2D eigenvalue weighted by molar-refractivity contribution is 5.10. The van der Waals surface area contributed by atoms with Gasteiger partial charge in [0.25, 0.3) is 0 Å². The lowest BCUT2D eigenvalue weighted by Crippen LogP contribution is -2.55. The van der Waals surface area contributed by atoms with Crippen molar-refractivity contribution in [1.29, 1.82) is 0 Å². The SMILES string of the molecule is C[C@]12CC[C@@H](O)C[C@@H]1CC[C@H]1[C@H]2CC[C@]2(C)[C@H](N)CC[C@H]12. The third kappa shape index (κ3) is 1.91. The molecule has 4 aliphatic carbocycles. The maximum atomic E-state index is 10.1. The number of aliphatic hydroxyl groups is 1. The lowest BCUT2D eigenvalue weighted by Gasteiger charge is -2.60. The third-order valence-electron chi connectivity index (χ3n) is 8.71. The molecule has 0 aromatic heterocycles. The molecule has 4 rings (SSSR count). The van der Waals surface area contributed by atoms with Crippen molar-refractivity contribution in [3.8, 4) is 0 Å². The third-order valence-corrected chi connectivity index (χ3v) is 8.71. The molecule has 0 aromatic rings. The fraction of sp³-hybridized carbons (Fsp3) is 1.00. The van der Waals surface area contributed by atoms with Crippen LogP contribution in [0.25, 0.3) is 0 Å². The summed E-state index contributed by atoms with van der Waals surface area (Å²) in [4.78, 5) is 0. The zero-order valence-corrected chi connectivity index (χ0v) is 13.9. The molecule has 0 radical (unpaired) electrons. The van der Waals surface area contributed by atoms with Crippen LogP contribution in [-0.2, 0) is 0 Å². The standard InChI is InChI=1S/C19H33NO/c1-18-9-7-13(21)11-12(18)3-4-14-15-5-6-17(20)19(15,2)10-8-16(14)18/h12-17,21H,3-11,20H2,1-2H3/t12-,13+,14+,15+,16+,17+,18-,19-/m0/s1. The summed E-state index contributed by atoms with van der Waals surface area (Å²) in [5.41, 5.74) is 7.43. The molecule has 0 aliphatic heterocycles. The van der Waals surface area contributed by atoms with Crippen molar-refractivity contribution in [3.05, 3.63) is 0 Å². The number of hydrogen-bond acceptors (Lipinski definition) is 2. The van der Waals surface area contributed by atoms with Gasteiger partial charge in [-0.1, -0.05) is 13.8 Å². The average Bonchev–Trinajstić information content (AvgIpc) is 2.76. The van der Waals surface area contributed by atoms with Crippen molar-refractivity contribution in [2.75, 3.05) is 0 Å². The van der Waals surface area contributed by atoms with Gasteiger partial charge in [-0.25, -0.2) is 0 Å². The fourth-order valence-electron chi connectivity index (χ4n) is 7.28. The van der Waals surface area contributed by atoms with Gasteiger partial charge in [0.15, 0.2) is 0 Å². The number of nitrogens with two attached hydrogens (primary N) is 1. The van der Waals surface area contributed by atoms with E-state index in [1.807, 2.05) is 0 Å². The largest absolute Gasteiger partial charge is 0.393 e. The van der Waals surface area contributed by atoms with E-state index in [9.17, 15) is 5.11 Å². The number of fused-ring (bicyclic) bond motifs is 5. The topological polar surface area (TPSA) is 46.2 Å². The van der Waals surface area contributed by atoms with E-state index >= 15 is 0 Å². The number of aliphatic hydroxyl groups excluding tert-OH is 1. The Kier molecular flexibility index (Phi) is 3.25. The smallest absolute Gasteiger partial charge is 0.0543 e. The zero-order chi connectivity index (χ0) is 14.8. The van der Waals surface area contributed by atoms with Crippen LogP contribution in [0.2, 0.25) is 0 Å². The molecule has 0 aromatic carbocycles. The van der Waals surface area contributed by atoms with Crippen LogP contribution in [0.15, 0.2) is 0 Å². The molecule has 2 heteroatoms. The maximum absolute atomic E-state index is 10.1. The Bertz CT molecular complexity index is 424. The van der Waals surface area contributed by atoms with E-state index in [2.05, 4.69) is 13.8 Å². The molecule has 0 bridgehead atoms. The van der Waals surface area contributed by atoms with Gasteiger partial charge < -0.3 is 10.8 Å². The zero-order valence-electron chi connectivity index (χ0n) is 13.9. The average molecular weight is 291 g/mol. The normalized spacial score (nSPS) is 60.0. The van der Waals surface area contributed by atoms with Gasteiger partial charge in [0.2, 0.25) is 0 Å². The predicted molar refractivity (Wildman–Crippen MR) is 85.7 cm³/mol. The van der Waals surface area contributed by atoms with Gasteiger partial charge in [-0.15, -0.1) is 0 Å². The Hall–Kier alpha value is -0.0800. The monoisotopic (exact) mass is 291 g/mol. The van der Waals surface area contributed by atoms with E-state index in [4.69, 9.17) is 5.73 Å². The van der Waals surface area contributed by atoms with Gasteiger partial charge in [0.05, 0.1) is 6.10 Å². The quantitative estimate of drug-likeness (QED) is 0.714. The first kappa shape index (κ1) is 14.5. The molecule has 0 unspecified atom stereocenters. The Morgan fingerprint density at radius 3 is 2.38 bits per heavy atom. The molecular weight excluding hydrogens is 258 g/mol. The molecule has 3 N–H and O–H groups in total. The molecule has 0 saturated heterocycles. The van der Waals surface area contributed by atoms with Gasteiger partial charge in [-0.05, 0) is 92.3 Å². The Labute approximate surface area is 129 Å². The predicted octanol–water partition coefficient (Wildman–Crippen LogP) is 3.72. The summed E-state index contributed by atoms with van der Waals surface area (Å²) in [5, 5.41) is 10.1. The van der Waals surface area contributed by atoms with Crippen molar-refractivity contribution in [2.24, 2.45) is 40.2 Å². The molecule has 21 heavy (non-hydrogen) atoms. The van der Waals surface area contributed by atoms with Gasteiger partial charge in [-0.2, -0.15) is 0 Å². The lowest BCUT2D eigenvalue weighted by atomic mass is 9.45. The summed E-state index contributed by atoms with van der Waals surface area (Å²) in [7, 11) is 0. The van der Waals surface area contributed by atoms with Crippen molar-refractivity contribution in [1.82, 2.24) is 0 Å². The summed E-state index contributed by atoms with van der Waals surface area (Å²) in [6.45, 7) is 5.06. The van der Waals surface area contributed by atoms with Crippen LogP contribution in [0.5, 0.6) is 0 Å². The van der Waals surface area contributed by atoms with E-state index < -0.39 is 0 Å². The second-order valence-corrected chi connectivity index (χ2v) is 9.31. The molecule has 0 heterocycles. The van der Waals surface area contributed by atoms with Gasteiger partial charge in [0, 0.05) is 6.04 Å². The van der Waals surface area contributed by atoms with Crippen molar-refractivity contribution >= 4 is 0 Å². The molecule has 4 saturated carbocycles. The minimum atomic E-state index is -0.0200. The fourth-order valence-corrected chi connectivity index (χ4v) is 7.28. The minimum absolute atomic E-state index is 0.0200. The first-order chi connectivity index (χ1) is 9.95. The first-order valence-electron chi connectivity index (χ1n) is 9.39. The van der Waals surface area contributed by atoms with Gasteiger partial charge in [0.1, 0.15) is 0 Å². The van der Waals surface area contributed by atoms with Crippen LogP contribution in [0.4, 0.5) is 0 Å². The van der Waals surface area contributed by atoms with Crippen LogP contribution in [0.1, 0.15) is 71.6 Å². The Balaban J connectivity index is 1.62. The summed E-state index contributed by atoms with van der Waals surface area (Å²) >= 11 is 0. The molecule has 8 atom stereocenters. The van der Waals surface area contributed by atoms with Gasteiger partial charge >= 0.3 is 0 Å². The molecule has 4 aliphatic rings. The van der Waals surface area contributed by atoms with E-state index in [1.54, 1.807) is 0 Å². The second kappa shape index (κ2) is 4.71. The molecule has 4 fully saturated rings. The Morgan fingerprint density at radius 1 is 0.857 bits per heavy atom. The highest BCUT2D eigenvalue weighted by Crippen LogP contribution is 2.65. The van der Waals surface area contributed by atoms with Crippen LogP contribution in [-0.4, -0.2) is 17.3 Å². The van der Waals surface area contributed by atoms with Crippen LogP contribution >= 0.6 is 0 Å². The summed E-state index contributed by atoms with van der Waals surface area (Å²) in [6, 6.07) is 0.446. The summed E-state index contributed by atoms with van der Waals surface area (Å²) < 4.78 is 0.